The highest BCUT2D eigenvalue weighted by Crippen LogP contribution is 2.45. The molecule has 0 aliphatic carbocycles. The summed E-state index contributed by atoms with van der Waals surface area (Å²) in [5.74, 6) is 0. The molecule has 0 amide bonds. The van der Waals surface area contributed by atoms with Crippen molar-refractivity contribution in [1.29, 1.82) is 0 Å². The highest BCUT2D eigenvalue weighted by atomic mass is 16.3. The number of hydrogen-bond acceptors (Lipinski definition) is 2. The molecule has 2 nitrogen and oxygen atoms in total. The maximum Gasteiger partial charge on any atom is 0.143 e. The van der Waals surface area contributed by atoms with Gasteiger partial charge in [-0.1, -0.05) is 146 Å². The van der Waals surface area contributed by atoms with Gasteiger partial charge in [0.05, 0.1) is 11.1 Å². The lowest BCUT2D eigenvalue weighted by Gasteiger charge is -2.27. The molecule has 0 fully saturated rings. The van der Waals surface area contributed by atoms with Crippen LogP contribution in [0.1, 0.15) is 0 Å². The Morgan fingerprint density at radius 1 is 0.346 bits per heavy atom. The Bertz CT molecular complexity index is 3190. The molecular weight excluding hydrogens is 631 g/mol. The van der Waals surface area contributed by atoms with Gasteiger partial charge in [-0.25, -0.2) is 0 Å². The second kappa shape index (κ2) is 11.3. The van der Waals surface area contributed by atoms with E-state index < -0.39 is 0 Å². The maximum absolute atomic E-state index is 6.68. The van der Waals surface area contributed by atoms with Gasteiger partial charge in [0.1, 0.15) is 11.2 Å². The van der Waals surface area contributed by atoms with E-state index in [1.807, 2.05) is 0 Å². The van der Waals surface area contributed by atoms with Crippen LogP contribution in [0.15, 0.2) is 192 Å². The number of hydrogen-bond donors (Lipinski definition) is 0. The van der Waals surface area contributed by atoms with Crippen LogP contribution < -0.4 is 4.90 Å². The number of anilines is 3. The van der Waals surface area contributed by atoms with Crippen LogP contribution in [0.3, 0.4) is 0 Å². The summed E-state index contributed by atoms with van der Waals surface area (Å²) in [4.78, 5) is 2.40. The summed E-state index contributed by atoms with van der Waals surface area (Å²) in [6.45, 7) is 0. The van der Waals surface area contributed by atoms with Crippen LogP contribution in [0.4, 0.5) is 17.1 Å². The van der Waals surface area contributed by atoms with Gasteiger partial charge in [0.15, 0.2) is 0 Å². The minimum absolute atomic E-state index is 0.875. The van der Waals surface area contributed by atoms with Crippen molar-refractivity contribution in [2.45, 2.75) is 0 Å². The Hall–Kier alpha value is -6.90. The lowest BCUT2D eigenvalue weighted by Crippen LogP contribution is -2.10. The molecule has 1 heterocycles. The second-order valence-electron chi connectivity index (χ2n) is 13.7. The van der Waals surface area contributed by atoms with Crippen LogP contribution in [-0.2, 0) is 0 Å². The van der Waals surface area contributed by atoms with Crippen molar-refractivity contribution < 1.29 is 4.42 Å². The largest absolute Gasteiger partial charge is 0.455 e. The SMILES string of the molecule is c1ccc2c(c1)ccc1ccc(N(c3ccc(-c4cccc5c4ccc4ccccc45)cc3)c3cccc4oc5c6ccccc6ccc5c34)cc12. The zero-order valence-corrected chi connectivity index (χ0v) is 28.3. The minimum atomic E-state index is 0.875. The Morgan fingerprint density at radius 3 is 1.67 bits per heavy atom. The maximum atomic E-state index is 6.68. The Balaban J connectivity index is 1.14. The molecule has 10 aromatic carbocycles. The molecule has 11 rings (SSSR count). The molecule has 0 saturated heterocycles. The summed E-state index contributed by atoms with van der Waals surface area (Å²) in [5.41, 5.74) is 7.47. The Kier molecular flexibility index (Phi) is 6.28. The predicted molar refractivity (Wildman–Crippen MR) is 221 cm³/mol. The summed E-state index contributed by atoms with van der Waals surface area (Å²) < 4.78 is 6.68. The smallest absolute Gasteiger partial charge is 0.143 e. The van der Waals surface area contributed by atoms with Crippen molar-refractivity contribution in [3.63, 3.8) is 0 Å². The Morgan fingerprint density at radius 2 is 0.904 bits per heavy atom. The highest BCUT2D eigenvalue weighted by molar-refractivity contribution is 6.20. The van der Waals surface area contributed by atoms with E-state index in [0.717, 1.165) is 44.4 Å². The van der Waals surface area contributed by atoms with Crippen LogP contribution in [0, 0.1) is 0 Å². The van der Waals surface area contributed by atoms with Crippen LogP contribution in [0.5, 0.6) is 0 Å². The molecule has 0 bridgehead atoms. The second-order valence-corrected chi connectivity index (χ2v) is 13.7. The standard InChI is InChI=1S/C50H31NO/c1-4-12-39-33(10-1)24-29-44-40(15-7-16-43(39)44)35-21-26-37(27-22-35)51(38-28-23-36-20-19-32-9-2-5-13-41(32)46(36)31-38)47-17-8-18-48-49(47)45-30-25-34-11-3-6-14-42(34)50(45)52-48/h1-31H. The first-order chi connectivity index (χ1) is 25.8. The first kappa shape index (κ1) is 28.9. The molecule has 0 atom stereocenters. The zero-order chi connectivity index (χ0) is 34.2. The first-order valence-corrected chi connectivity index (χ1v) is 17.8. The molecule has 2 heteroatoms. The van der Waals surface area contributed by atoms with E-state index in [1.165, 1.54) is 59.6 Å². The van der Waals surface area contributed by atoms with Gasteiger partial charge >= 0.3 is 0 Å². The van der Waals surface area contributed by atoms with E-state index in [1.54, 1.807) is 0 Å². The van der Waals surface area contributed by atoms with Crippen molar-refractivity contribution in [3.8, 4) is 11.1 Å². The van der Waals surface area contributed by atoms with Gasteiger partial charge in [0.2, 0.25) is 0 Å². The lowest BCUT2D eigenvalue weighted by molar-refractivity contribution is 0.672. The van der Waals surface area contributed by atoms with E-state index in [-0.39, 0.29) is 0 Å². The third kappa shape index (κ3) is 4.38. The summed E-state index contributed by atoms with van der Waals surface area (Å²) in [5, 5.41) is 14.5. The molecule has 0 aliphatic heterocycles. The molecule has 52 heavy (non-hydrogen) atoms. The fourth-order valence-electron chi connectivity index (χ4n) is 8.36. The fraction of sp³-hybridized carbons (Fsp3) is 0. The third-order valence-electron chi connectivity index (χ3n) is 10.8. The normalized spacial score (nSPS) is 11.8. The van der Waals surface area contributed by atoms with Crippen LogP contribution in [-0.4, -0.2) is 0 Å². The molecule has 0 aliphatic rings. The molecule has 0 spiro atoms. The summed E-state index contributed by atoms with van der Waals surface area (Å²) >= 11 is 0. The van der Waals surface area contributed by atoms with Crippen molar-refractivity contribution in [3.05, 3.63) is 188 Å². The number of benzene rings is 10. The van der Waals surface area contributed by atoms with Gasteiger partial charge in [-0.2, -0.15) is 0 Å². The molecule has 242 valence electrons. The lowest BCUT2D eigenvalue weighted by atomic mass is 9.94. The van der Waals surface area contributed by atoms with Gasteiger partial charge in [-0.3, -0.25) is 0 Å². The van der Waals surface area contributed by atoms with E-state index >= 15 is 0 Å². The summed E-state index contributed by atoms with van der Waals surface area (Å²) in [6, 6.07) is 68.1. The van der Waals surface area contributed by atoms with Gasteiger partial charge in [-0.05, 0) is 102 Å². The van der Waals surface area contributed by atoms with Crippen molar-refractivity contribution in [1.82, 2.24) is 0 Å². The van der Waals surface area contributed by atoms with Gasteiger partial charge < -0.3 is 9.32 Å². The summed E-state index contributed by atoms with van der Waals surface area (Å²) in [6.07, 6.45) is 0. The quantitative estimate of drug-likeness (QED) is 0.175. The van der Waals surface area contributed by atoms with E-state index in [4.69, 9.17) is 4.42 Å². The number of nitrogens with zero attached hydrogens (tertiary/aromatic N) is 1. The predicted octanol–water partition coefficient (Wildman–Crippen LogP) is 14.5. The highest BCUT2D eigenvalue weighted by Gasteiger charge is 2.21. The zero-order valence-electron chi connectivity index (χ0n) is 28.3. The van der Waals surface area contributed by atoms with Crippen LogP contribution in [0.2, 0.25) is 0 Å². The molecule has 0 saturated carbocycles. The Labute approximate surface area is 300 Å². The average molecular weight is 662 g/mol. The van der Waals surface area contributed by atoms with Crippen molar-refractivity contribution >= 4 is 92.9 Å². The number of fused-ring (bicyclic) bond motifs is 11. The van der Waals surface area contributed by atoms with Gasteiger partial charge in [-0.15, -0.1) is 0 Å². The first-order valence-electron chi connectivity index (χ1n) is 17.8. The third-order valence-corrected chi connectivity index (χ3v) is 10.8. The van der Waals surface area contributed by atoms with Gasteiger partial charge in [0.25, 0.3) is 0 Å². The molecule has 0 unspecified atom stereocenters. The van der Waals surface area contributed by atoms with Crippen LogP contribution in [0.25, 0.3) is 86.9 Å². The average Bonchev–Trinajstić information content (AvgIpc) is 3.61. The molecule has 0 radical (unpaired) electrons. The monoisotopic (exact) mass is 661 g/mol. The molecule has 0 N–H and O–H groups in total. The van der Waals surface area contributed by atoms with E-state index in [0.29, 0.717) is 0 Å². The van der Waals surface area contributed by atoms with Crippen molar-refractivity contribution in [2.24, 2.45) is 0 Å². The minimum Gasteiger partial charge on any atom is -0.455 e. The number of furan rings is 1. The van der Waals surface area contributed by atoms with E-state index in [2.05, 4.69) is 193 Å². The van der Waals surface area contributed by atoms with E-state index in [9.17, 15) is 0 Å². The topological polar surface area (TPSA) is 16.4 Å². The molecule has 11 aromatic rings. The van der Waals surface area contributed by atoms with Crippen molar-refractivity contribution in [2.75, 3.05) is 4.90 Å². The molecular formula is C50H31NO. The fourth-order valence-corrected chi connectivity index (χ4v) is 8.36. The molecule has 1 aromatic heterocycles. The van der Waals surface area contributed by atoms with Gasteiger partial charge in [0, 0.05) is 22.1 Å². The van der Waals surface area contributed by atoms with Crippen LogP contribution >= 0.6 is 0 Å². The number of rotatable bonds is 4. The summed E-state index contributed by atoms with van der Waals surface area (Å²) in [7, 11) is 0.